The van der Waals surface area contributed by atoms with Crippen LogP contribution in [0.2, 0.25) is 0 Å². The molecule has 1 aliphatic heterocycles. The molecule has 0 fully saturated rings. The van der Waals surface area contributed by atoms with Gasteiger partial charge in [0.1, 0.15) is 12.4 Å². The lowest BCUT2D eigenvalue weighted by Crippen LogP contribution is -2.26. The van der Waals surface area contributed by atoms with Crippen LogP contribution in [0.1, 0.15) is 25.0 Å². The molecule has 2 aromatic carbocycles. The van der Waals surface area contributed by atoms with Crippen LogP contribution in [0.4, 0.5) is 0 Å². The third-order valence-electron chi connectivity index (χ3n) is 4.43. The van der Waals surface area contributed by atoms with Gasteiger partial charge in [0.2, 0.25) is 0 Å². The fourth-order valence-corrected chi connectivity index (χ4v) is 2.84. The zero-order valence-corrected chi connectivity index (χ0v) is 13.7. The van der Waals surface area contributed by atoms with Crippen LogP contribution in [-0.4, -0.2) is 29.9 Å². The number of aliphatic hydroxyl groups is 1. The molecule has 0 bridgehead atoms. The van der Waals surface area contributed by atoms with Crippen LogP contribution in [0.3, 0.4) is 0 Å². The van der Waals surface area contributed by atoms with E-state index in [-0.39, 0.29) is 6.73 Å². The Kier molecular flexibility index (Phi) is 4.79. The zero-order valence-electron chi connectivity index (χ0n) is 13.7. The number of benzene rings is 2. The molecule has 0 unspecified atom stereocenters. The number of aliphatic hydroxyl groups excluding tert-OH is 1. The van der Waals surface area contributed by atoms with E-state index in [9.17, 15) is 5.11 Å². The molecule has 0 amide bonds. The molecule has 3 rings (SSSR count). The summed E-state index contributed by atoms with van der Waals surface area (Å²) in [5.41, 5.74) is 6.03. The fourth-order valence-electron chi connectivity index (χ4n) is 2.84. The highest BCUT2D eigenvalue weighted by molar-refractivity contribution is 5.70. The van der Waals surface area contributed by atoms with Crippen molar-refractivity contribution >= 4 is 5.57 Å². The van der Waals surface area contributed by atoms with Gasteiger partial charge in [-0.2, -0.15) is 0 Å². The van der Waals surface area contributed by atoms with E-state index in [1.54, 1.807) is 0 Å². The second-order valence-corrected chi connectivity index (χ2v) is 5.91. The SMILES string of the molecule is C/C=C(\C)c1ccc(-c2ccc3c(c2)CN(CO)CCO3)cc1. The minimum Gasteiger partial charge on any atom is -0.492 e. The highest BCUT2D eigenvalue weighted by Gasteiger charge is 2.15. The Hall–Kier alpha value is -2.10. The Bertz CT molecular complexity index is 704. The van der Waals surface area contributed by atoms with Gasteiger partial charge in [-0.1, -0.05) is 36.4 Å². The summed E-state index contributed by atoms with van der Waals surface area (Å²) in [5.74, 6) is 0.922. The van der Waals surface area contributed by atoms with Crippen molar-refractivity contribution in [3.05, 3.63) is 59.7 Å². The lowest BCUT2D eigenvalue weighted by Gasteiger charge is -2.15. The highest BCUT2D eigenvalue weighted by Crippen LogP contribution is 2.30. The van der Waals surface area contributed by atoms with Gasteiger partial charge in [-0.3, -0.25) is 4.90 Å². The normalized spacial score (nSPS) is 15.7. The minimum atomic E-state index is 0.0599. The van der Waals surface area contributed by atoms with Gasteiger partial charge in [0.15, 0.2) is 0 Å². The zero-order chi connectivity index (χ0) is 16.2. The quantitative estimate of drug-likeness (QED) is 0.932. The summed E-state index contributed by atoms with van der Waals surface area (Å²) >= 11 is 0. The molecule has 1 heterocycles. The summed E-state index contributed by atoms with van der Waals surface area (Å²) in [7, 11) is 0. The van der Waals surface area contributed by atoms with Crippen molar-refractivity contribution in [2.24, 2.45) is 0 Å². The van der Waals surface area contributed by atoms with Crippen LogP contribution in [0.5, 0.6) is 5.75 Å². The van der Waals surface area contributed by atoms with Crippen molar-refractivity contribution in [3.63, 3.8) is 0 Å². The van der Waals surface area contributed by atoms with Gasteiger partial charge < -0.3 is 9.84 Å². The van der Waals surface area contributed by atoms with E-state index in [0.29, 0.717) is 6.61 Å². The minimum absolute atomic E-state index is 0.0599. The monoisotopic (exact) mass is 309 g/mol. The molecule has 120 valence electrons. The molecule has 0 spiro atoms. The smallest absolute Gasteiger partial charge is 0.123 e. The van der Waals surface area contributed by atoms with Crippen LogP contribution >= 0.6 is 0 Å². The number of fused-ring (bicyclic) bond motifs is 1. The van der Waals surface area contributed by atoms with Gasteiger partial charge in [-0.15, -0.1) is 0 Å². The van der Waals surface area contributed by atoms with Gasteiger partial charge >= 0.3 is 0 Å². The maximum absolute atomic E-state index is 9.40. The first-order valence-corrected chi connectivity index (χ1v) is 8.04. The molecule has 0 atom stereocenters. The first-order valence-electron chi connectivity index (χ1n) is 8.04. The first kappa shape index (κ1) is 15.8. The van der Waals surface area contributed by atoms with E-state index in [4.69, 9.17) is 4.74 Å². The van der Waals surface area contributed by atoms with Gasteiger partial charge in [-0.05, 0) is 48.2 Å². The van der Waals surface area contributed by atoms with Crippen molar-refractivity contribution in [1.82, 2.24) is 4.90 Å². The molecule has 23 heavy (non-hydrogen) atoms. The Morgan fingerprint density at radius 2 is 1.91 bits per heavy atom. The predicted octanol–water partition coefficient (Wildman–Crippen LogP) is 3.92. The molecular weight excluding hydrogens is 286 g/mol. The Morgan fingerprint density at radius 3 is 2.61 bits per heavy atom. The van der Waals surface area contributed by atoms with E-state index in [0.717, 1.165) is 24.4 Å². The number of ether oxygens (including phenoxy) is 1. The molecule has 0 saturated carbocycles. The van der Waals surface area contributed by atoms with Crippen molar-refractivity contribution in [3.8, 4) is 16.9 Å². The summed E-state index contributed by atoms with van der Waals surface area (Å²) in [6, 6.07) is 14.9. The van der Waals surface area contributed by atoms with Crippen molar-refractivity contribution < 1.29 is 9.84 Å². The average Bonchev–Trinajstić information content (AvgIpc) is 2.82. The Labute approximate surface area is 137 Å². The van der Waals surface area contributed by atoms with E-state index in [1.807, 2.05) is 11.0 Å². The van der Waals surface area contributed by atoms with Crippen LogP contribution in [-0.2, 0) is 6.54 Å². The van der Waals surface area contributed by atoms with Crippen LogP contribution in [0, 0.1) is 0 Å². The second kappa shape index (κ2) is 6.99. The molecular formula is C20H23NO2. The summed E-state index contributed by atoms with van der Waals surface area (Å²) in [5, 5.41) is 9.40. The molecule has 2 aromatic rings. The van der Waals surface area contributed by atoms with Gasteiger partial charge in [0.25, 0.3) is 0 Å². The fraction of sp³-hybridized carbons (Fsp3) is 0.300. The largest absolute Gasteiger partial charge is 0.492 e. The van der Waals surface area contributed by atoms with Crippen LogP contribution < -0.4 is 4.74 Å². The van der Waals surface area contributed by atoms with Gasteiger partial charge in [-0.25, -0.2) is 0 Å². The van der Waals surface area contributed by atoms with Crippen LogP contribution in [0.15, 0.2) is 48.5 Å². The number of rotatable bonds is 3. The van der Waals surface area contributed by atoms with E-state index >= 15 is 0 Å². The maximum Gasteiger partial charge on any atom is 0.123 e. The highest BCUT2D eigenvalue weighted by atomic mass is 16.5. The average molecular weight is 309 g/mol. The maximum atomic E-state index is 9.40. The molecule has 3 heteroatoms. The molecule has 0 saturated heterocycles. The molecule has 0 aliphatic carbocycles. The summed E-state index contributed by atoms with van der Waals surface area (Å²) in [6.45, 7) is 6.32. The number of hydrogen-bond donors (Lipinski definition) is 1. The van der Waals surface area contributed by atoms with Crippen LogP contribution in [0.25, 0.3) is 16.7 Å². The Morgan fingerprint density at radius 1 is 1.17 bits per heavy atom. The molecule has 1 N–H and O–H groups in total. The molecule has 0 aromatic heterocycles. The summed E-state index contributed by atoms with van der Waals surface area (Å²) in [6.07, 6.45) is 2.12. The first-order chi connectivity index (χ1) is 11.2. The third-order valence-corrected chi connectivity index (χ3v) is 4.43. The van der Waals surface area contributed by atoms with E-state index in [1.165, 1.54) is 22.3 Å². The second-order valence-electron chi connectivity index (χ2n) is 5.91. The summed E-state index contributed by atoms with van der Waals surface area (Å²) in [4.78, 5) is 1.98. The third kappa shape index (κ3) is 3.46. The lowest BCUT2D eigenvalue weighted by molar-refractivity contribution is 0.0945. The summed E-state index contributed by atoms with van der Waals surface area (Å²) < 4.78 is 5.78. The standard InChI is InChI=1S/C20H23NO2/c1-3-15(2)16-4-6-17(7-5-16)18-8-9-20-19(12-18)13-21(14-22)10-11-23-20/h3-9,12,22H,10-11,13-14H2,1-2H3/b15-3+. The Balaban J connectivity index is 1.90. The predicted molar refractivity (Wildman–Crippen MR) is 94.2 cm³/mol. The van der Waals surface area contributed by atoms with E-state index < -0.39 is 0 Å². The number of nitrogens with zero attached hydrogens (tertiary/aromatic N) is 1. The van der Waals surface area contributed by atoms with E-state index in [2.05, 4.69) is 56.3 Å². The molecule has 3 nitrogen and oxygen atoms in total. The number of allylic oxidation sites excluding steroid dienone is 2. The van der Waals surface area contributed by atoms with Crippen molar-refractivity contribution in [2.75, 3.05) is 19.9 Å². The topological polar surface area (TPSA) is 32.7 Å². The number of hydrogen-bond acceptors (Lipinski definition) is 3. The van der Waals surface area contributed by atoms with Gasteiger partial charge in [0.05, 0.1) is 6.73 Å². The molecule has 0 radical (unpaired) electrons. The van der Waals surface area contributed by atoms with Crippen molar-refractivity contribution in [2.45, 2.75) is 20.4 Å². The van der Waals surface area contributed by atoms with Crippen molar-refractivity contribution in [1.29, 1.82) is 0 Å². The molecule has 1 aliphatic rings. The lowest BCUT2D eigenvalue weighted by atomic mass is 9.99. The van der Waals surface area contributed by atoms with Gasteiger partial charge in [0, 0.05) is 18.7 Å².